The van der Waals surface area contributed by atoms with E-state index in [0.29, 0.717) is 24.3 Å². The zero-order chi connectivity index (χ0) is 20.6. The molecule has 2 amide bonds. The van der Waals surface area contributed by atoms with Crippen molar-refractivity contribution in [2.75, 3.05) is 5.32 Å². The largest absolute Gasteiger partial charge is 0.506 e. The first kappa shape index (κ1) is 20.0. The molecule has 7 heteroatoms. The quantitative estimate of drug-likeness (QED) is 0.623. The second-order valence-electron chi connectivity index (χ2n) is 8.12. The molecule has 3 fully saturated rings. The molecule has 2 aromatic carbocycles. The fraction of sp³-hybridized carbons (Fsp3) is 0.364. The minimum Gasteiger partial charge on any atom is -0.506 e. The maximum Gasteiger partial charge on any atom is 0.255 e. The summed E-state index contributed by atoms with van der Waals surface area (Å²) in [6.07, 6.45) is 4.30. The van der Waals surface area contributed by atoms with Gasteiger partial charge in [-0.2, -0.15) is 0 Å². The molecule has 0 saturated heterocycles. The highest BCUT2D eigenvalue weighted by Gasteiger charge is 2.53. The highest BCUT2D eigenvalue weighted by atomic mass is 35.5. The molecular weight excluding hydrogens is 411 g/mol. The Labute approximate surface area is 179 Å². The Bertz CT molecular complexity index is 938. The van der Waals surface area contributed by atoms with E-state index in [2.05, 4.69) is 10.6 Å². The molecule has 3 aliphatic rings. The van der Waals surface area contributed by atoms with Gasteiger partial charge in [-0.3, -0.25) is 9.59 Å². The lowest BCUT2D eigenvalue weighted by Gasteiger charge is -2.52. The van der Waals surface area contributed by atoms with Gasteiger partial charge in [0.1, 0.15) is 5.75 Å². The van der Waals surface area contributed by atoms with E-state index in [0.717, 1.165) is 24.9 Å². The van der Waals surface area contributed by atoms with E-state index in [1.54, 1.807) is 0 Å². The maximum absolute atomic E-state index is 13.0. The van der Waals surface area contributed by atoms with Gasteiger partial charge in [0, 0.05) is 21.7 Å². The summed E-state index contributed by atoms with van der Waals surface area (Å²) in [4.78, 5) is 25.8. The monoisotopic (exact) mass is 432 g/mol. The molecule has 0 aromatic heterocycles. The highest BCUT2D eigenvalue weighted by molar-refractivity contribution is 6.36. The molecular formula is C22H22Cl2N2O3. The van der Waals surface area contributed by atoms with Crippen LogP contribution in [0, 0.1) is 5.41 Å². The maximum atomic E-state index is 13.0. The average molecular weight is 433 g/mol. The van der Waals surface area contributed by atoms with Crippen LogP contribution >= 0.6 is 23.2 Å². The number of carbonyl (C=O) groups excluding carboxylic acids is 2. The molecule has 2 aromatic rings. The van der Waals surface area contributed by atoms with Gasteiger partial charge in [-0.05, 0) is 62.8 Å². The summed E-state index contributed by atoms with van der Waals surface area (Å²) in [7, 11) is 0. The normalized spacial score (nSPS) is 25.4. The van der Waals surface area contributed by atoms with Crippen molar-refractivity contribution in [2.24, 2.45) is 5.41 Å². The standard InChI is InChI=1S/C22H22Cl2N2O3/c23-14-12-16(18(27)17(24)13-14)19(28)26-22-9-6-21(7-10-22,8-11-22)20(29)25-15-4-2-1-3-5-15/h1-5,12-13,27H,6-11H2,(H,25,29)(H,26,28). The third-order valence-corrected chi connectivity index (χ3v) is 6.92. The van der Waals surface area contributed by atoms with Crippen molar-refractivity contribution in [3.05, 3.63) is 58.1 Å². The van der Waals surface area contributed by atoms with Crippen LogP contribution in [-0.4, -0.2) is 22.5 Å². The summed E-state index contributed by atoms with van der Waals surface area (Å²) in [6.45, 7) is 0. The van der Waals surface area contributed by atoms with E-state index in [9.17, 15) is 14.7 Å². The minimum absolute atomic E-state index is 0.0454. The summed E-state index contributed by atoms with van der Waals surface area (Å²) in [5.41, 5.74) is 0.119. The SMILES string of the molecule is O=C(NC12CCC(C(=O)Nc3ccccc3)(CC1)CC2)c1cc(Cl)cc(Cl)c1O. The van der Waals surface area contributed by atoms with Gasteiger partial charge in [0.05, 0.1) is 10.6 Å². The fourth-order valence-electron chi connectivity index (χ4n) is 4.55. The number of phenols is 1. The van der Waals surface area contributed by atoms with Gasteiger partial charge >= 0.3 is 0 Å². The number of phenolic OH excluding ortho intramolecular Hbond substituents is 1. The zero-order valence-corrected chi connectivity index (χ0v) is 17.3. The van der Waals surface area contributed by atoms with Crippen LogP contribution in [0.4, 0.5) is 5.69 Å². The number of para-hydroxylation sites is 1. The van der Waals surface area contributed by atoms with E-state index in [1.165, 1.54) is 12.1 Å². The van der Waals surface area contributed by atoms with Gasteiger partial charge in [-0.15, -0.1) is 0 Å². The minimum atomic E-state index is -0.393. The molecule has 5 nitrogen and oxygen atoms in total. The van der Waals surface area contributed by atoms with Crippen LogP contribution in [0.25, 0.3) is 0 Å². The Morgan fingerprint density at radius 3 is 2.17 bits per heavy atom. The summed E-state index contributed by atoms with van der Waals surface area (Å²) in [5, 5.41) is 16.6. The summed E-state index contributed by atoms with van der Waals surface area (Å²) < 4.78 is 0. The molecule has 3 aliphatic carbocycles. The van der Waals surface area contributed by atoms with Crippen molar-refractivity contribution < 1.29 is 14.7 Å². The van der Waals surface area contributed by atoms with E-state index >= 15 is 0 Å². The Balaban J connectivity index is 1.45. The highest BCUT2D eigenvalue weighted by Crippen LogP contribution is 2.53. The second kappa shape index (κ2) is 7.54. The number of hydrogen-bond donors (Lipinski definition) is 3. The molecule has 0 heterocycles. The Morgan fingerprint density at radius 2 is 1.55 bits per heavy atom. The van der Waals surface area contributed by atoms with Gasteiger partial charge in [-0.1, -0.05) is 41.4 Å². The molecule has 0 aliphatic heterocycles. The van der Waals surface area contributed by atoms with Crippen LogP contribution in [0.3, 0.4) is 0 Å². The van der Waals surface area contributed by atoms with E-state index in [-0.39, 0.29) is 33.2 Å². The zero-order valence-electron chi connectivity index (χ0n) is 15.8. The van der Waals surface area contributed by atoms with Crippen LogP contribution in [0.1, 0.15) is 48.9 Å². The molecule has 29 heavy (non-hydrogen) atoms. The third-order valence-electron chi connectivity index (χ3n) is 6.41. The summed E-state index contributed by atoms with van der Waals surface area (Å²) in [5.74, 6) is -0.606. The lowest BCUT2D eigenvalue weighted by atomic mass is 9.57. The smallest absolute Gasteiger partial charge is 0.255 e. The van der Waals surface area contributed by atoms with Gasteiger partial charge < -0.3 is 15.7 Å². The lowest BCUT2D eigenvalue weighted by molar-refractivity contribution is -0.132. The second-order valence-corrected chi connectivity index (χ2v) is 8.96. The van der Waals surface area contributed by atoms with Crippen molar-refractivity contribution in [1.29, 1.82) is 0 Å². The van der Waals surface area contributed by atoms with Crippen LogP contribution in [0.5, 0.6) is 5.75 Å². The van der Waals surface area contributed by atoms with Crippen molar-refractivity contribution in [1.82, 2.24) is 5.32 Å². The summed E-state index contributed by atoms with van der Waals surface area (Å²) in [6, 6.07) is 12.3. The topological polar surface area (TPSA) is 78.4 Å². The van der Waals surface area contributed by atoms with Crippen LogP contribution in [0.15, 0.2) is 42.5 Å². The van der Waals surface area contributed by atoms with E-state index < -0.39 is 5.91 Å². The third kappa shape index (κ3) is 3.81. The molecule has 2 bridgehead atoms. The summed E-state index contributed by atoms with van der Waals surface area (Å²) >= 11 is 11.9. The molecule has 3 saturated carbocycles. The molecule has 152 valence electrons. The first-order valence-corrected chi connectivity index (χ1v) is 10.5. The van der Waals surface area contributed by atoms with Gasteiger partial charge in [0.2, 0.25) is 5.91 Å². The first-order chi connectivity index (χ1) is 13.8. The number of amides is 2. The first-order valence-electron chi connectivity index (χ1n) is 9.70. The molecule has 5 rings (SSSR count). The van der Waals surface area contributed by atoms with E-state index in [1.807, 2.05) is 30.3 Å². The van der Waals surface area contributed by atoms with Crippen LogP contribution in [-0.2, 0) is 4.79 Å². The Hall–Kier alpha value is -2.24. The number of halogens is 2. The Kier molecular flexibility index (Phi) is 5.21. The van der Waals surface area contributed by atoms with Crippen molar-refractivity contribution in [2.45, 2.75) is 44.1 Å². The number of nitrogens with one attached hydrogen (secondary N) is 2. The number of carbonyl (C=O) groups is 2. The Morgan fingerprint density at radius 1 is 0.931 bits per heavy atom. The van der Waals surface area contributed by atoms with Crippen molar-refractivity contribution in [3.8, 4) is 5.75 Å². The number of benzene rings is 2. The van der Waals surface area contributed by atoms with Crippen LogP contribution < -0.4 is 10.6 Å². The molecule has 0 atom stereocenters. The predicted octanol–water partition coefficient (Wildman–Crippen LogP) is 5.16. The lowest BCUT2D eigenvalue weighted by Crippen LogP contribution is -2.59. The van der Waals surface area contributed by atoms with Gasteiger partial charge in [0.25, 0.3) is 5.91 Å². The molecule has 0 spiro atoms. The molecule has 0 unspecified atom stereocenters. The van der Waals surface area contributed by atoms with Crippen molar-refractivity contribution in [3.63, 3.8) is 0 Å². The van der Waals surface area contributed by atoms with Gasteiger partial charge in [0.15, 0.2) is 0 Å². The number of hydrogen-bond acceptors (Lipinski definition) is 3. The number of aromatic hydroxyl groups is 1. The molecule has 0 radical (unpaired) electrons. The van der Waals surface area contributed by atoms with Crippen LogP contribution in [0.2, 0.25) is 10.0 Å². The predicted molar refractivity (Wildman–Crippen MR) is 114 cm³/mol. The van der Waals surface area contributed by atoms with Crippen molar-refractivity contribution >= 4 is 40.7 Å². The number of rotatable bonds is 4. The molecule has 3 N–H and O–H groups in total. The number of fused-ring (bicyclic) bond motifs is 3. The number of anilines is 1. The average Bonchev–Trinajstić information content (AvgIpc) is 2.72. The van der Waals surface area contributed by atoms with Gasteiger partial charge in [-0.25, -0.2) is 0 Å². The fourth-order valence-corrected chi connectivity index (χ4v) is 5.04. The van der Waals surface area contributed by atoms with E-state index in [4.69, 9.17) is 23.2 Å².